The molecule has 0 N–H and O–H groups in total. The minimum Gasteiger partial charge on any atom is -0.207 e. The number of sulfonamides is 1. The van der Waals surface area contributed by atoms with Gasteiger partial charge < -0.3 is 0 Å². The van der Waals surface area contributed by atoms with Gasteiger partial charge in [-0.05, 0) is 37.5 Å². The lowest BCUT2D eigenvalue weighted by atomic mass is 10.2. The molecule has 3 nitrogen and oxygen atoms in total. The molecule has 1 aliphatic rings. The van der Waals surface area contributed by atoms with Crippen molar-refractivity contribution in [3.63, 3.8) is 0 Å². The van der Waals surface area contributed by atoms with E-state index < -0.39 is 10.0 Å². The second-order valence-electron chi connectivity index (χ2n) is 4.35. The summed E-state index contributed by atoms with van der Waals surface area (Å²) in [5, 5.41) is 0.498. The molecular weight excluding hydrogens is 258 g/mol. The monoisotopic (exact) mass is 273 g/mol. The first-order chi connectivity index (χ1) is 7.96. The van der Waals surface area contributed by atoms with Crippen LogP contribution < -0.4 is 0 Å². The van der Waals surface area contributed by atoms with Crippen molar-refractivity contribution in [3.05, 3.63) is 28.8 Å². The van der Waals surface area contributed by atoms with E-state index in [4.69, 9.17) is 11.6 Å². The molecule has 0 radical (unpaired) electrons. The summed E-state index contributed by atoms with van der Waals surface area (Å²) in [6.07, 6.45) is 1.93. The van der Waals surface area contributed by atoms with Crippen LogP contribution >= 0.6 is 11.6 Å². The number of benzene rings is 1. The minimum atomic E-state index is -3.38. The maximum atomic E-state index is 12.4. The summed E-state index contributed by atoms with van der Waals surface area (Å²) in [5.41, 5.74) is 0.889. The van der Waals surface area contributed by atoms with Gasteiger partial charge in [-0.3, -0.25) is 0 Å². The molecule has 17 heavy (non-hydrogen) atoms. The fourth-order valence-electron chi connectivity index (χ4n) is 1.86. The van der Waals surface area contributed by atoms with E-state index in [0.29, 0.717) is 16.5 Å². The molecule has 5 heteroatoms. The highest BCUT2D eigenvalue weighted by atomic mass is 35.5. The van der Waals surface area contributed by atoms with Crippen LogP contribution in [0.3, 0.4) is 0 Å². The number of aryl methyl sites for hydroxylation is 1. The molecule has 94 valence electrons. The number of hydrogen-bond acceptors (Lipinski definition) is 2. The summed E-state index contributed by atoms with van der Waals surface area (Å²) in [5.74, 6) is 0. The van der Waals surface area contributed by atoms with Gasteiger partial charge in [-0.2, -0.15) is 4.31 Å². The van der Waals surface area contributed by atoms with Crippen LogP contribution in [0.15, 0.2) is 23.1 Å². The van der Waals surface area contributed by atoms with E-state index in [0.717, 1.165) is 18.4 Å². The summed E-state index contributed by atoms with van der Waals surface area (Å²) in [6.45, 7) is 4.24. The average molecular weight is 274 g/mol. The summed E-state index contributed by atoms with van der Waals surface area (Å²) >= 11 is 5.98. The molecule has 1 aliphatic carbocycles. The van der Waals surface area contributed by atoms with Crippen LogP contribution in [-0.2, 0) is 10.0 Å². The maximum absolute atomic E-state index is 12.4. The third-order valence-electron chi connectivity index (χ3n) is 3.02. The SMILES string of the molecule is CCN(C1CC1)S(=O)(=O)c1ccc(C)c(Cl)c1. The predicted octanol–water partition coefficient (Wildman–Crippen LogP) is 2.82. The second kappa shape index (κ2) is 4.59. The van der Waals surface area contributed by atoms with Crippen LogP contribution in [0.1, 0.15) is 25.3 Å². The fourth-order valence-corrected chi connectivity index (χ4v) is 3.82. The smallest absolute Gasteiger partial charge is 0.207 e. The molecule has 0 amide bonds. The third-order valence-corrected chi connectivity index (χ3v) is 5.45. The van der Waals surface area contributed by atoms with Gasteiger partial charge in [0.2, 0.25) is 10.0 Å². The summed E-state index contributed by atoms with van der Waals surface area (Å²) in [4.78, 5) is 0.293. The zero-order valence-corrected chi connectivity index (χ0v) is 11.6. The molecule has 0 spiro atoms. The Morgan fingerprint density at radius 1 is 1.41 bits per heavy atom. The quantitative estimate of drug-likeness (QED) is 0.846. The fraction of sp³-hybridized carbons (Fsp3) is 0.500. The highest BCUT2D eigenvalue weighted by Gasteiger charge is 2.36. The number of nitrogens with zero attached hydrogens (tertiary/aromatic N) is 1. The van der Waals surface area contributed by atoms with Crippen LogP contribution in [0.5, 0.6) is 0 Å². The Bertz CT molecular complexity index is 523. The van der Waals surface area contributed by atoms with E-state index >= 15 is 0 Å². The van der Waals surface area contributed by atoms with Crippen LogP contribution in [0.25, 0.3) is 0 Å². The molecule has 0 aromatic heterocycles. The first-order valence-electron chi connectivity index (χ1n) is 5.75. The molecule has 0 atom stereocenters. The van der Waals surface area contributed by atoms with E-state index in [1.807, 2.05) is 13.8 Å². The lowest BCUT2D eigenvalue weighted by molar-refractivity contribution is 0.421. The van der Waals surface area contributed by atoms with Gasteiger partial charge in [0.15, 0.2) is 0 Å². The molecule has 0 saturated heterocycles. The minimum absolute atomic E-state index is 0.185. The summed E-state index contributed by atoms with van der Waals surface area (Å²) in [7, 11) is -3.38. The van der Waals surface area contributed by atoms with Gasteiger partial charge in [0.05, 0.1) is 4.90 Å². The Hall–Kier alpha value is -0.580. The van der Waals surface area contributed by atoms with E-state index in [1.165, 1.54) is 6.07 Å². The molecule has 1 aromatic carbocycles. The highest BCUT2D eigenvalue weighted by molar-refractivity contribution is 7.89. The van der Waals surface area contributed by atoms with Crippen molar-refractivity contribution < 1.29 is 8.42 Å². The van der Waals surface area contributed by atoms with E-state index in [1.54, 1.807) is 16.4 Å². The van der Waals surface area contributed by atoms with Crippen LogP contribution in [0.4, 0.5) is 0 Å². The van der Waals surface area contributed by atoms with Crippen molar-refractivity contribution in [2.75, 3.05) is 6.54 Å². The number of rotatable bonds is 4. The van der Waals surface area contributed by atoms with Crippen LogP contribution in [0.2, 0.25) is 5.02 Å². The molecule has 1 aromatic rings. The molecule has 1 saturated carbocycles. The van der Waals surface area contributed by atoms with Gasteiger partial charge >= 0.3 is 0 Å². The van der Waals surface area contributed by atoms with E-state index in [-0.39, 0.29) is 6.04 Å². The number of halogens is 1. The lowest BCUT2D eigenvalue weighted by Gasteiger charge is -2.20. The largest absolute Gasteiger partial charge is 0.243 e. The first kappa shape index (κ1) is 12.9. The van der Waals surface area contributed by atoms with E-state index in [9.17, 15) is 8.42 Å². The van der Waals surface area contributed by atoms with Crippen molar-refractivity contribution in [1.29, 1.82) is 0 Å². The van der Waals surface area contributed by atoms with Gasteiger partial charge in [0, 0.05) is 17.6 Å². The van der Waals surface area contributed by atoms with Crippen LogP contribution in [0, 0.1) is 6.92 Å². The Balaban J connectivity index is 2.39. The van der Waals surface area contributed by atoms with Gasteiger partial charge in [0.25, 0.3) is 0 Å². The third kappa shape index (κ3) is 2.49. The standard InChI is InChI=1S/C12H16ClNO2S/c1-3-14(10-5-6-10)17(15,16)11-7-4-9(2)12(13)8-11/h4,7-8,10H,3,5-6H2,1-2H3. The topological polar surface area (TPSA) is 37.4 Å². The number of hydrogen-bond donors (Lipinski definition) is 0. The molecule has 0 heterocycles. The zero-order chi connectivity index (χ0) is 12.6. The molecule has 1 fully saturated rings. The van der Waals surface area contributed by atoms with Gasteiger partial charge in [-0.15, -0.1) is 0 Å². The second-order valence-corrected chi connectivity index (χ2v) is 6.65. The van der Waals surface area contributed by atoms with E-state index in [2.05, 4.69) is 0 Å². The van der Waals surface area contributed by atoms with Gasteiger partial charge in [-0.25, -0.2) is 8.42 Å². The normalized spacial score (nSPS) is 16.5. The molecule has 0 aliphatic heterocycles. The van der Waals surface area contributed by atoms with Crippen molar-refractivity contribution in [2.24, 2.45) is 0 Å². The Morgan fingerprint density at radius 3 is 2.53 bits per heavy atom. The van der Waals surface area contributed by atoms with Crippen LogP contribution in [-0.4, -0.2) is 25.3 Å². The Morgan fingerprint density at radius 2 is 2.06 bits per heavy atom. The van der Waals surface area contributed by atoms with Gasteiger partial charge in [-0.1, -0.05) is 24.6 Å². The Kier molecular flexibility index (Phi) is 3.48. The summed E-state index contributed by atoms with van der Waals surface area (Å²) in [6, 6.07) is 5.10. The molecule has 0 unspecified atom stereocenters. The average Bonchev–Trinajstić information content (AvgIpc) is 3.07. The lowest BCUT2D eigenvalue weighted by Crippen LogP contribution is -2.32. The van der Waals surface area contributed by atoms with Crippen molar-refractivity contribution in [3.8, 4) is 0 Å². The van der Waals surface area contributed by atoms with Gasteiger partial charge in [0.1, 0.15) is 0 Å². The molecule has 2 rings (SSSR count). The Labute approximate surface area is 107 Å². The van der Waals surface area contributed by atoms with Crippen molar-refractivity contribution in [2.45, 2.75) is 37.6 Å². The first-order valence-corrected chi connectivity index (χ1v) is 7.56. The highest BCUT2D eigenvalue weighted by Crippen LogP contribution is 2.32. The molecule has 0 bridgehead atoms. The van der Waals surface area contributed by atoms with Crippen molar-refractivity contribution >= 4 is 21.6 Å². The van der Waals surface area contributed by atoms with Crippen molar-refractivity contribution in [1.82, 2.24) is 4.31 Å². The predicted molar refractivity (Wildman–Crippen MR) is 68.8 cm³/mol. The zero-order valence-electron chi connectivity index (χ0n) is 9.98. The summed E-state index contributed by atoms with van der Waals surface area (Å²) < 4.78 is 26.3. The molecular formula is C12H16ClNO2S. The maximum Gasteiger partial charge on any atom is 0.243 e.